The van der Waals surface area contributed by atoms with Crippen LogP contribution in [0.3, 0.4) is 0 Å². The van der Waals surface area contributed by atoms with Crippen molar-refractivity contribution in [3.8, 4) is 0 Å². The van der Waals surface area contributed by atoms with E-state index in [1.807, 2.05) is 18.2 Å². The molecule has 0 spiro atoms. The van der Waals surface area contributed by atoms with Gasteiger partial charge in [-0.3, -0.25) is 4.79 Å². The maximum atomic E-state index is 11.8. The van der Waals surface area contributed by atoms with Gasteiger partial charge >= 0.3 is 0 Å². The SMILES string of the molecule is CN1CCC(C(=O)NCCc2ccccc2)C1. The van der Waals surface area contributed by atoms with Gasteiger partial charge in [0, 0.05) is 13.1 Å². The number of hydrogen-bond acceptors (Lipinski definition) is 2. The number of nitrogens with zero attached hydrogens (tertiary/aromatic N) is 1. The molecule has 1 fully saturated rings. The summed E-state index contributed by atoms with van der Waals surface area (Å²) < 4.78 is 0. The highest BCUT2D eigenvalue weighted by Gasteiger charge is 2.25. The zero-order valence-corrected chi connectivity index (χ0v) is 10.4. The summed E-state index contributed by atoms with van der Waals surface area (Å²) in [5, 5.41) is 3.03. The molecule has 3 heteroatoms. The predicted octanol–water partition coefficient (Wildman–Crippen LogP) is 1.30. The van der Waals surface area contributed by atoms with E-state index in [0.29, 0.717) is 0 Å². The van der Waals surface area contributed by atoms with Crippen molar-refractivity contribution in [3.63, 3.8) is 0 Å². The van der Waals surface area contributed by atoms with Gasteiger partial charge in [0.05, 0.1) is 5.92 Å². The van der Waals surface area contributed by atoms with E-state index in [1.165, 1.54) is 5.56 Å². The molecule has 92 valence electrons. The normalized spacial score (nSPS) is 20.4. The summed E-state index contributed by atoms with van der Waals surface area (Å²) in [6.45, 7) is 2.68. The first-order valence-corrected chi connectivity index (χ1v) is 6.26. The molecule has 1 saturated heterocycles. The highest BCUT2D eigenvalue weighted by molar-refractivity contribution is 5.79. The summed E-state index contributed by atoms with van der Waals surface area (Å²) in [6.07, 6.45) is 1.91. The molecule has 1 aromatic rings. The third-order valence-electron chi connectivity index (χ3n) is 3.32. The summed E-state index contributed by atoms with van der Waals surface area (Å²) in [7, 11) is 2.07. The summed E-state index contributed by atoms with van der Waals surface area (Å²) in [5.41, 5.74) is 1.27. The minimum absolute atomic E-state index is 0.191. The van der Waals surface area contributed by atoms with Crippen LogP contribution in [0.25, 0.3) is 0 Å². The van der Waals surface area contributed by atoms with Crippen molar-refractivity contribution in [2.45, 2.75) is 12.8 Å². The Kier molecular flexibility index (Phi) is 4.15. The molecule has 2 rings (SSSR count). The molecule has 1 aliphatic rings. The molecule has 0 aromatic heterocycles. The predicted molar refractivity (Wildman–Crippen MR) is 68.8 cm³/mol. The maximum absolute atomic E-state index is 11.8. The summed E-state index contributed by atoms with van der Waals surface area (Å²) in [6, 6.07) is 10.3. The molecule has 0 bridgehead atoms. The van der Waals surface area contributed by atoms with Gasteiger partial charge in [-0.05, 0) is 32.0 Å². The van der Waals surface area contributed by atoms with Crippen LogP contribution in [0.15, 0.2) is 30.3 Å². The molecule has 1 atom stereocenters. The fourth-order valence-corrected chi connectivity index (χ4v) is 2.27. The molecule has 3 nitrogen and oxygen atoms in total. The molecule has 1 amide bonds. The van der Waals surface area contributed by atoms with Gasteiger partial charge in [-0.2, -0.15) is 0 Å². The molecular formula is C14H20N2O. The Labute approximate surface area is 103 Å². The second-order valence-electron chi connectivity index (χ2n) is 4.77. The standard InChI is InChI=1S/C14H20N2O/c1-16-10-8-13(11-16)14(17)15-9-7-12-5-3-2-4-6-12/h2-6,13H,7-11H2,1H3,(H,15,17). The molecule has 1 aromatic carbocycles. The van der Waals surface area contributed by atoms with Gasteiger partial charge in [0.1, 0.15) is 0 Å². The molecule has 0 saturated carbocycles. The number of hydrogen-bond donors (Lipinski definition) is 1. The number of benzene rings is 1. The van der Waals surface area contributed by atoms with E-state index < -0.39 is 0 Å². The number of likely N-dealkylation sites (tertiary alicyclic amines) is 1. The Morgan fingerprint density at radius 3 is 2.82 bits per heavy atom. The van der Waals surface area contributed by atoms with Crippen LogP contribution in [0.2, 0.25) is 0 Å². The van der Waals surface area contributed by atoms with Gasteiger partial charge in [-0.15, -0.1) is 0 Å². The zero-order valence-electron chi connectivity index (χ0n) is 10.4. The van der Waals surface area contributed by atoms with Gasteiger partial charge in [0.25, 0.3) is 0 Å². The Morgan fingerprint density at radius 1 is 1.41 bits per heavy atom. The van der Waals surface area contributed by atoms with Gasteiger partial charge in [-0.25, -0.2) is 0 Å². The topological polar surface area (TPSA) is 32.3 Å². The lowest BCUT2D eigenvalue weighted by Crippen LogP contribution is -2.33. The van der Waals surface area contributed by atoms with Crippen LogP contribution in [0.4, 0.5) is 0 Å². The third-order valence-corrected chi connectivity index (χ3v) is 3.32. The molecular weight excluding hydrogens is 212 g/mol. The first-order chi connectivity index (χ1) is 8.25. The Balaban J connectivity index is 1.70. The van der Waals surface area contributed by atoms with Gasteiger partial charge in [-0.1, -0.05) is 30.3 Å². The van der Waals surface area contributed by atoms with Gasteiger partial charge in [0.15, 0.2) is 0 Å². The van der Waals surface area contributed by atoms with Crippen LogP contribution >= 0.6 is 0 Å². The largest absolute Gasteiger partial charge is 0.355 e. The number of carbonyl (C=O) groups excluding carboxylic acids is 1. The second kappa shape index (κ2) is 5.82. The van der Waals surface area contributed by atoms with E-state index in [4.69, 9.17) is 0 Å². The highest BCUT2D eigenvalue weighted by atomic mass is 16.1. The van der Waals surface area contributed by atoms with Gasteiger partial charge < -0.3 is 10.2 Å². The monoisotopic (exact) mass is 232 g/mol. The molecule has 1 aliphatic heterocycles. The lowest BCUT2D eigenvalue weighted by Gasteiger charge is -2.11. The lowest BCUT2D eigenvalue weighted by molar-refractivity contribution is -0.124. The minimum atomic E-state index is 0.191. The molecule has 1 N–H and O–H groups in total. The molecule has 0 aliphatic carbocycles. The van der Waals surface area contributed by atoms with Gasteiger partial charge in [0.2, 0.25) is 5.91 Å². The number of nitrogens with one attached hydrogen (secondary N) is 1. The molecule has 17 heavy (non-hydrogen) atoms. The second-order valence-corrected chi connectivity index (χ2v) is 4.77. The Morgan fingerprint density at radius 2 is 2.18 bits per heavy atom. The minimum Gasteiger partial charge on any atom is -0.355 e. The maximum Gasteiger partial charge on any atom is 0.224 e. The van der Waals surface area contributed by atoms with Crippen molar-refractivity contribution in [1.29, 1.82) is 0 Å². The fraction of sp³-hybridized carbons (Fsp3) is 0.500. The number of rotatable bonds is 4. The van der Waals surface area contributed by atoms with Crippen LogP contribution in [-0.2, 0) is 11.2 Å². The van der Waals surface area contributed by atoms with Crippen LogP contribution in [-0.4, -0.2) is 37.5 Å². The van der Waals surface area contributed by atoms with E-state index >= 15 is 0 Å². The van der Waals surface area contributed by atoms with Crippen LogP contribution in [0, 0.1) is 5.92 Å². The average Bonchev–Trinajstić information content (AvgIpc) is 2.77. The van der Waals surface area contributed by atoms with E-state index in [9.17, 15) is 4.79 Å². The zero-order chi connectivity index (χ0) is 12.1. The molecule has 0 radical (unpaired) electrons. The van der Waals surface area contributed by atoms with Crippen LogP contribution in [0.5, 0.6) is 0 Å². The van der Waals surface area contributed by atoms with Crippen molar-refractivity contribution in [2.24, 2.45) is 5.92 Å². The van der Waals surface area contributed by atoms with E-state index in [2.05, 4.69) is 29.4 Å². The third kappa shape index (κ3) is 3.56. The summed E-state index contributed by atoms with van der Waals surface area (Å²) in [5.74, 6) is 0.404. The average molecular weight is 232 g/mol. The number of amides is 1. The first kappa shape index (κ1) is 12.1. The fourth-order valence-electron chi connectivity index (χ4n) is 2.27. The number of carbonyl (C=O) groups is 1. The summed E-state index contributed by atoms with van der Waals surface area (Å²) in [4.78, 5) is 14.1. The van der Waals surface area contributed by atoms with Crippen LogP contribution in [0.1, 0.15) is 12.0 Å². The van der Waals surface area contributed by atoms with E-state index in [-0.39, 0.29) is 11.8 Å². The van der Waals surface area contributed by atoms with Crippen molar-refractivity contribution in [3.05, 3.63) is 35.9 Å². The summed E-state index contributed by atoms with van der Waals surface area (Å²) >= 11 is 0. The molecule has 1 heterocycles. The van der Waals surface area contributed by atoms with Crippen molar-refractivity contribution in [2.75, 3.05) is 26.7 Å². The molecule has 1 unspecified atom stereocenters. The lowest BCUT2D eigenvalue weighted by atomic mass is 10.1. The van der Waals surface area contributed by atoms with E-state index in [1.54, 1.807) is 0 Å². The van der Waals surface area contributed by atoms with Crippen molar-refractivity contribution < 1.29 is 4.79 Å². The first-order valence-electron chi connectivity index (χ1n) is 6.26. The smallest absolute Gasteiger partial charge is 0.224 e. The Bertz CT molecular complexity index is 364. The van der Waals surface area contributed by atoms with Crippen LogP contribution < -0.4 is 5.32 Å². The van der Waals surface area contributed by atoms with Crippen molar-refractivity contribution >= 4 is 5.91 Å². The highest BCUT2D eigenvalue weighted by Crippen LogP contribution is 2.13. The van der Waals surface area contributed by atoms with Crippen molar-refractivity contribution in [1.82, 2.24) is 10.2 Å². The van der Waals surface area contributed by atoms with E-state index in [0.717, 1.165) is 32.5 Å². The quantitative estimate of drug-likeness (QED) is 0.848. The Hall–Kier alpha value is -1.35.